The molecule has 0 aromatic carbocycles. The van der Waals surface area contributed by atoms with E-state index in [9.17, 15) is 0 Å². The third-order valence-electron chi connectivity index (χ3n) is 2.62. The van der Waals surface area contributed by atoms with E-state index in [0.29, 0.717) is 6.04 Å². The maximum atomic E-state index is 5.86. The molecule has 0 saturated heterocycles. The molecule has 0 aliphatic rings. The number of nitrogens with two attached hydrogens (primary N) is 1. The van der Waals surface area contributed by atoms with Crippen LogP contribution in [0.25, 0.3) is 0 Å². The van der Waals surface area contributed by atoms with Gasteiger partial charge in [-0.25, -0.2) is 4.98 Å². The topological polar surface area (TPSA) is 43.8 Å². The predicted molar refractivity (Wildman–Crippen MR) is 59.1 cm³/mol. The van der Waals surface area contributed by atoms with Gasteiger partial charge in [-0.15, -0.1) is 0 Å². The minimum absolute atomic E-state index is 0.364. The van der Waals surface area contributed by atoms with Crippen molar-refractivity contribution in [2.45, 2.75) is 52.1 Å². The Morgan fingerprint density at radius 1 is 1.50 bits per heavy atom. The van der Waals surface area contributed by atoms with Crippen LogP contribution in [-0.4, -0.2) is 15.6 Å². The van der Waals surface area contributed by atoms with Gasteiger partial charge in [-0.3, -0.25) is 0 Å². The summed E-state index contributed by atoms with van der Waals surface area (Å²) in [7, 11) is 0. The Kier molecular flexibility index (Phi) is 4.66. The van der Waals surface area contributed by atoms with Crippen LogP contribution in [-0.2, 0) is 13.0 Å². The molecule has 0 spiro atoms. The highest BCUT2D eigenvalue weighted by atomic mass is 15.1. The van der Waals surface area contributed by atoms with Gasteiger partial charge in [-0.1, -0.05) is 13.8 Å². The summed E-state index contributed by atoms with van der Waals surface area (Å²) in [4.78, 5) is 4.28. The van der Waals surface area contributed by atoms with Gasteiger partial charge in [-0.2, -0.15) is 0 Å². The summed E-state index contributed by atoms with van der Waals surface area (Å²) in [6, 6.07) is 0.364. The monoisotopic (exact) mass is 195 g/mol. The Morgan fingerprint density at radius 2 is 2.29 bits per heavy atom. The van der Waals surface area contributed by atoms with E-state index < -0.39 is 0 Å². The lowest BCUT2D eigenvalue weighted by molar-refractivity contribution is 0.517. The third-order valence-corrected chi connectivity index (χ3v) is 2.62. The van der Waals surface area contributed by atoms with E-state index in [1.807, 2.05) is 6.20 Å². The maximum Gasteiger partial charge on any atom is 0.108 e. The van der Waals surface area contributed by atoms with Gasteiger partial charge in [-0.05, 0) is 19.3 Å². The predicted octanol–water partition coefficient (Wildman–Crippen LogP) is 1.96. The Balaban J connectivity index is 2.31. The third kappa shape index (κ3) is 3.14. The van der Waals surface area contributed by atoms with Gasteiger partial charge in [0, 0.05) is 31.4 Å². The molecule has 80 valence electrons. The van der Waals surface area contributed by atoms with E-state index in [0.717, 1.165) is 32.2 Å². The second-order valence-electron chi connectivity index (χ2n) is 3.70. The molecular formula is C11H21N3. The molecule has 1 atom stereocenters. The van der Waals surface area contributed by atoms with Crippen molar-refractivity contribution in [1.29, 1.82) is 0 Å². The number of hydrogen-bond acceptors (Lipinski definition) is 2. The molecule has 0 aliphatic heterocycles. The molecule has 0 fully saturated rings. The van der Waals surface area contributed by atoms with E-state index in [-0.39, 0.29) is 0 Å². The average molecular weight is 195 g/mol. The van der Waals surface area contributed by atoms with Crippen LogP contribution >= 0.6 is 0 Å². The fourth-order valence-electron chi connectivity index (χ4n) is 1.59. The minimum Gasteiger partial charge on any atom is -0.335 e. The molecule has 0 aliphatic carbocycles. The highest BCUT2D eigenvalue weighted by Gasteiger charge is 2.01. The highest BCUT2D eigenvalue weighted by Crippen LogP contribution is 2.04. The van der Waals surface area contributed by atoms with E-state index >= 15 is 0 Å². The highest BCUT2D eigenvalue weighted by molar-refractivity contribution is 4.91. The molecule has 14 heavy (non-hydrogen) atoms. The first kappa shape index (κ1) is 11.2. The smallest absolute Gasteiger partial charge is 0.108 e. The summed E-state index contributed by atoms with van der Waals surface area (Å²) in [5.41, 5.74) is 5.86. The van der Waals surface area contributed by atoms with Crippen LogP contribution in [0.2, 0.25) is 0 Å². The molecule has 1 rings (SSSR count). The number of nitrogens with zero attached hydrogens (tertiary/aromatic N) is 2. The lowest BCUT2D eigenvalue weighted by Crippen LogP contribution is -2.19. The standard InChI is InChI=1S/C11H21N3/c1-3-10(12)6-5-8-14-9-7-13-11(14)4-2/h7,9-10H,3-6,8,12H2,1-2H3. The van der Waals surface area contributed by atoms with Crippen molar-refractivity contribution in [3.05, 3.63) is 18.2 Å². The quantitative estimate of drug-likeness (QED) is 0.754. The van der Waals surface area contributed by atoms with Crippen molar-refractivity contribution < 1.29 is 0 Å². The normalized spacial score (nSPS) is 13.1. The van der Waals surface area contributed by atoms with Crippen molar-refractivity contribution in [3.63, 3.8) is 0 Å². The summed E-state index contributed by atoms with van der Waals surface area (Å²) in [5, 5.41) is 0. The molecule has 1 aromatic heterocycles. The van der Waals surface area contributed by atoms with Crippen LogP contribution in [0, 0.1) is 0 Å². The van der Waals surface area contributed by atoms with Gasteiger partial charge >= 0.3 is 0 Å². The van der Waals surface area contributed by atoms with E-state index in [4.69, 9.17) is 5.73 Å². The number of rotatable bonds is 6. The molecule has 0 saturated carbocycles. The van der Waals surface area contributed by atoms with E-state index in [1.165, 1.54) is 5.82 Å². The first-order valence-electron chi connectivity index (χ1n) is 5.53. The van der Waals surface area contributed by atoms with Crippen molar-refractivity contribution in [3.8, 4) is 0 Å². The van der Waals surface area contributed by atoms with Gasteiger partial charge < -0.3 is 10.3 Å². The Labute approximate surface area is 86.3 Å². The second kappa shape index (κ2) is 5.81. The summed E-state index contributed by atoms with van der Waals surface area (Å²) < 4.78 is 2.22. The molecule has 1 unspecified atom stereocenters. The zero-order chi connectivity index (χ0) is 10.4. The van der Waals surface area contributed by atoms with Crippen LogP contribution in [0.5, 0.6) is 0 Å². The van der Waals surface area contributed by atoms with Crippen molar-refractivity contribution in [1.82, 2.24) is 9.55 Å². The van der Waals surface area contributed by atoms with Crippen LogP contribution < -0.4 is 5.73 Å². The van der Waals surface area contributed by atoms with Crippen LogP contribution in [0.1, 0.15) is 38.9 Å². The first-order valence-corrected chi connectivity index (χ1v) is 5.53. The number of imidazole rings is 1. The SMILES string of the molecule is CCc1nccn1CCCC(N)CC. The van der Waals surface area contributed by atoms with E-state index in [2.05, 4.69) is 29.6 Å². The Hall–Kier alpha value is -0.830. The zero-order valence-corrected chi connectivity index (χ0v) is 9.24. The van der Waals surface area contributed by atoms with Gasteiger partial charge in [0.2, 0.25) is 0 Å². The lowest BCUT2D eigenvalue weighted by Gasteiger charge is -2.09. The summed E-state index contributed by atoms with van der Waals surface area (Å²) in [6.07, 6.45) is 8.27. The number of aryl methyl sites for hydroxylation is 2. The zero-order valence-electron chi connectivity index (χ0n) is 9.24. The summed E-state index contributed by atoms with van der Waals surface area (Å²) in [5.74, 6) is 1.18. The average Bonchev–Trinajstić information content (AvgIpc) is 2.65. The van der Waals surface area contributed by atoms with Crippen molar-refractivity contribution in [2.75, 3.05) is 0 Å². The van der Waals surface area contributed by atoms with E-state index in [1.54, 1.807) is 0 Å². The molecule has 1 heterocycles. The minimum atomic E-state index is 0.364. The summed E-state index contributed by atoms with van der Waals surface area (Å²) >= 11 is 0. The van der Waals surface area contributed by atoms with Gasteiger partial charge in [0.1, 0.15) is 5.82 Å². The first-order chi connectivity index (χ1) is 6.77. The molecule has 3 heteroatoms. The van der Waals surface area contributed by atoms with Crippen molar-refractivity contribution in [2.24, 2.45) is 5.73 Å². The lowest BCUT2D eigenvalue weighted by atomic mass is 10.1. The van der Waals surface area contributed by atoms with Gasteiger partial charge in [0.25, 0.3) is 0 Å². The van der Waals surface area contributed by atoms with Crippen LogP contribution in [0.15, 0.2) is 12.4 Å². The van der Waals surface area contributed by atoms with Gasteiger partial charge in [0.15, 0.2) is 0 Å². The molecule has 0 bridgehead atoms. The molecule has 0 radical (unpaired) electrons. The van der Waals surface area contributed by atoms with Crippen LogP contribution in [0.4, 0.5) is 0 Å². The fourth-order valence-corrected chi connectivity index (χ4v) is 1.59. The molecular weight excluding hydrogens is 174 g/mol. The largest absolute Gasteiger partial charge is 0.335 e. The van der Waals surface area contributed by atoms with Crippen LogP contribution in [0.3, 0.4) is 0 Å². The number of hydrogen-bond donors (Lipinski definition) is 1. The Bertz CT molecular complexity index is 255. The van der Waals surface area contributed by atoms with Gasteiger partial charge in [0.05, 0.1) is 0 Å². The number of aromatic nitrogens is 2. The summed E-state index contributed by atoms with van der Waals surface area (Å²) in [6.45, 7) is 5.33. The molecule has 2 N–H and O–H groups in total. The van der Waals surface area contributed by atoms with Crippen molar-refractivity contribution >= 4 is 0 Å². The molecule has 1 aromatic rings. The molecule has 0 amide bonds. The Morgan fingerprint density at radius 3 is 2.93 bits per heavy atom. The fraction of sp³-hybridized carbons (Fsp3) is 0.727. The second-order valence-corrected chi connectivity index (χ2v) is 3.70. The maximum absolute atomic E-state index is 5.86. The molecule has 3 nitrogen and oxygen atoms in total.